The van der Waals surface area contributed by atoms with Crippen LogP contribution in [0.5, 0.6) is 0 Å². The molecule has 0 spiro atoms. The monoisotopic (exact) mass is 198 g/mol. The molecule has 0 aliphatic carbocycles. The molecule has 0 radical (unpaired) electrons. The van der Waals surface area contributed by atoms with E-state index in [2.05, 4.69) is 10.6 Å². The highest BCUT2D eigenvalue weighted by Gasteiger charge is 2.35. The third-order valence-electron chi connectivity index (χ3n) is 2.13. The maximum absolute atomic E-state index is 10.7. The highest BCUT2D eigenvalue weighted by atomic mass is 35.5. The van der Waals surface area contributed by atoms with E-state index in [9.17, 15) is 4.79 Å². The summed E-state index contributed by atoms with van der Waals surface area (Å²) in [6.45, 7) is 1.99. The van der Waals surface area contributed by atoms with Gasteiger partial charge in [-0.1, -0.05) is 0 Å². The van der Waals surface area contributed by atoms with Gasteiger partial charge in [-0.3, -0.25) is 4.79 Å². The Kier molecular flexibility index (Phi) is 4.14. The number of carbonyl (C=O) groups excluding carboxylic acids is 1. The van der Waals surface area contributed by atoms with Gasteiger partial charge in [0.05, 0.1) is 0 Å². The largest absolute Gasteiger partial charge is 0.352 e. The minimum absolute atomic E-state index is 0. The molecule has 2 rings (SSSR count). The summed E-state index contributed by atoms with van der Waals surface area (Å²) in [6, 6.07) is 0.442. The highest BCUT2D eigenvalue weighted by molar-refractivity contribution is 5.85. The van der Waals surface area contributed by atoms with Crippen molar-refractivity contribution in [3.05, 3.63) is 0 Å². The van der Waals surface area contributed by atoms with Crippen LogP contribution in [-0.4, -0.2) is 25.0 Å². The van der Waals surface area contributed by atoms with Crippen molar-refractivity contribution in [2.45, 2.75) is 12.5 Å². The van der Waals surface area contributed by atoms with Crippen LogP contribution in [-0.2, 0) is 4.79 Å². The van der Waals surface area contributed by atoms with Crippen molar-refractivity contribution in [3.8, 4) is 0 Å². The summed E-state index contributed by atoms with van der Waals surface area (Å²) < 4.78 is 0. The Balaban J connectivity index is 0.000000500. The number of halogens is 2. The molecule has 0 unspecified atom stereocenters. The van der Waals surface area contributed by atoms with E-state index in [4.69, 9.17) is 0 Å². The molecule has 2 fully saturated rings. The van der Waals surface area contributed by atoms with Crippen LogP contribution >= 0.6 is 24.8 Å². The second-order valence-corrected chi connectivity index (χ2v) is 2.80. The summed E-state index contributed by atoms with van der Waals surface area (Å²) in [5.74, 6) is 0.809. The van der Waals surface area contributed by atoms with Crippen LogP contribution in [0.1, 0.15) is 6.42 Å². The third-order valence-corrected chi connectivity index (χ3v) is 2.13. The lowest BCUT2D eigenvalue weighted by molar-refractivity contribution is -0.119. The zero-order valence-electron chi connectivity index (χ0n) is 6.00. The molecule has 1 amide bonds. The van der Waals surface area contributed by atoms with Crippen LogP contribution < -0.4 is 10.6 Å². The molecule has 66 valence electrons. The van der Waals surface area contributed by atoms with E-state index < -0.39 is 0 Å². The minimum Gasteiger partial charge on any atom is -0.352 e. The van der Waals surface area contributed by atoms with Gasteiger partial charge in [0.1, 0.15) is 0 Å². The lowest BCUT2D eigenvalue weighted by Gasteiger charge is -2.03. The Morgan fingerprint density at radius 3 is 2.64 bits per heavy atom. The average molecular weight is 199 g/mol. The van der Waals surface area contributed by atoms with E-state index in [1.807, 2.05) is 0 Å². The van der Waals surface area contributed by atoms with Gasteiger partial charge in [-0.15, -0.1) is 24.8 Å². The Bertz CT molecular complexity index is 140. The molecule has 11 heavy (non-hydrogen) atoms. The van der Waals surface area contributed by atoms with Crippen molar-refractivity contribution in [2.75, 3.05) is 13.1 Å². The fourth-order valence-corrected chi connectivity index (χ4v) is 1.62. The molecule has 0 aromatic carbocycles. The number of hydrogen-bond donors (Lipinski definition) is 2. The van der Waals surface area contributed by atoms with Crippen LogP contribution in [0.25, 0.3) is 0 Å². The van der Waals surface area contributed by atoms with Gasteiger partial charge in [0.2, 0.25) is 5.91 Å². The summed E-state index contributed by atoms with van der Waals surface area (Å²) in [5.41, 5.74) is 0. The smallest absolute Gasteiger partial charge is 0.220 e. The molecule has 2 N–H and O–H groups in total. The minimum atomic E-state index is 0. The second-order valence-electron chi connectivity index (χ2n) is 2.80. The Morgan fingerprint density at radius 1 is 1.27 bits per heavy atom. The summed E-state index contributed by atoms with van der Waals surface area (Å²) in [5, 5.41) is 6.14. The van der Waals surface area contributed by atoms with E-state index in [0.717, 1.165) is 19.5 Å². The molecule has 2 aliphatic rings. The number of rotatable bonds is 0. The van der Waals surface area contributed by atoms with Gasteiger partial charge in [0, 0.05) is 31.5 Å². The molecule has 2 saturated heterocycles. The molecule has 5 heteroatoms. The zero-order chi connectivity index (χ0) is 6.27. The summed E-state index contributed by atoms with van der Waals surface area (Å²) in [7, 11) is 0. The fraction of sp³-hybridized carbons (Fsp3) is 0.833. The molecule has 0 saturated carbocycles. The number of hydrogen-bond acceptors (Lipinski definition) is 2. The van der Waals surface area contributed by atoms with Gasteiger partial charge in [0.15, 0.2) is 0 Å². The average Bonchev–Trinajstić information content (AvgIpc) is 2.22. The van der Waals surface area contributed by atoms with Crippen LogP contribution in [0.3, 0.4) is 0 Å². The Labute approximate surface area is 78.1 Å². The van der Waals surface area contributed by atoms with Gasteiger partial charge >= 0.3 is 0 Å². The summed E-state index contributed by atoms with van der Waals surface area (Å²) >= 11 is 0. The van der Waals surface area contributed by atoms with Gasteiger partial charge in [-0.05, 0) is 0 Å². The standard InChI is InChI=1S/C6H10N2O.2ClH/c9-6-1-4-2-7-3-5(4)8-6;;/h4-5,7H,1-3H2,(H,8,9);2*1H/t4-,5+;;/m1../s1. The van der Waals surface area contributed by atoms with Crippen molar-refractivity contribution >= 4 is 30.7 Å². The number of amides is 1. The predicted molar refractivity (Wildman–Crippen MR) is 47.4 cm³/mol. The summed E-state index contributed by atoms with van der Waals surface area (Å²) in [6.07, 6.45) is 0.734. The van der Waals surface area contributed by atoms with Gasteiger partial charge in [0.25, 0.3) is 0 Å². The lowest BCUT2D eigenvalue weighted by Crippen LogP contribution is -2.30. The quantitative estimate of drug-likeness (QED) is 0.573. The van der Waals surface area contributed by atoms with Gasteiger partial charge < -0.3 is 10.6 Å². The van der Waals surface area contributed by atoms with Gasteiger partial charge in [-0.2, -0.15) is 0 Å². The first-order chi connectivity index (χ1) is 4.36. The molecule has 2 heterocycles. The fourth-order valence-electron chi connectivity index (χ4n) is 1.62. The molecule has 0 bridgehead atoms. The maximum Gasteiger partial charge on any atom is 0.220 e. The first kappa shape index (κ1) is 11.0. The Hall–Kier alpha value is 0.01000. The molecule has 2 atom stereocenters. The van der Waals surface area contributed by atoms with E-state index in [-0.39, 0.29) is 30.7 Å². The number of carbonyl (C=O) groups is 1. The van der Waals surface area contributed by atoms with E-state index >= 15 is 0 Å². The molecular formula is C6H12Cl2N2O. The second kappa shape index (κ2) is 4.14. The molecule has 0 aromatic rings. The van der Waals surface area contributed by atoms with Crippen LogP contribution in [0, 0.1) is 5.92 Å². The molecule has 0 aromatic heterocycles. The van der Waals surface area contributed by atoms with Crippen LogP contribution in [0.4, 0.5) is 0 Å². The number of fused-ring (bicyclic) bond motifs is 1. The molecule has 2 aliphatic heterocycles. The van der Waals surface area contributed by atoms with E-state index in [1.165, 1.54) is 0 Å². The van der Waals surface area contributed by atoms with Crippen molar-refractivity contribution in [2.24, 2.45) is 5.92 Å². The topological polar surface area (TPSA) is 41.1 Å². The van der Waals surface area contributed by atoms with Crippen molar-refractivity contribution in [1.29, 1.82) is 0 Å². The third kappa shape index (κ3) is 1.98. The number of nitrogens with one attached hydrogen (secondary N) is 2. The molecular weight excluding hydrogens is 187 g/mol. The SMILES string of the molecule is Cl.Cl.O=C1C[C@@H]2CNC[C@@H]2N1. The first-order valence-corrected chi connectivity index (χ1v) is 3.36. The first-order valence-electron chi connectivity index (χ1n) is 3.36. The van der Waals surface area contributed by atoms with Crippen molar-refractivity contribution in [3.63, 3.8) is 0 Å². The van der Waals surface area contributed by atoms with E-state index in [1.54, 1.807) is 0 Å². The van der Waals surface area contributed by atoms with E-state index in [0.29, 0.717) is 12.0 Å². The Morgan fingerprint density at radius 2 is 2.00 bits per heavy atom. The zero-order valence-corrected chi connectivity index (χ0v) is 7.63. The maximum atomic E-state index is 10.7. The highest BCUT2D eigenvalue weighted by Crippen LogP contribution is 2.18. The van der Waals surface area contributed by atoms with Crippen molar-refractivity contribution in [1.82, 2.24) is 10.6 Å². The predicted octanol–water partition coefficient (Wildman–Crippen LogP) is -0.0621. The van der Waals surface area contributed by atoms with Crippen molar-refractivity contribution < 1.29 is 4.79 Å². The lowest BCUT2D eigenvalue weighted by atomic mass is 10.1. The normalized spacial score (nSPS) is 33.3. The van der Waals surface area contributed by atoms with Crippen LogP contribution in [0.15, 0.2) is 0 Å². The van der Waals surface area contributed by atoms with Gasteiger partial charge in [-0.25, -0.2) is 0 Å². The van der Waals surface area contributed by atoms with Crippen LogP contribution in [0.2, 0.25) is 0 Å². The summed E-state index contributed by atoms with van der Waals surface area (Å²) in [4.78, 5) is 10.7. The molecule has 3 nitrogen and oxygen atoms in total.